The van der Waals surface area contributed by atoms with Crippen molar-refractivity contribution in [3.63, 3.8) is 0 Å². The van der Waals surface area contributed by atoms with Gasteiger partial charge >= 0.3 is 12.1 Å². The average Bonchev–Trinajstić information content (AvgIpc) is 3.21. The van der Waals surface area contributed by atoms with Gasteiger partial charge in [-0.1, -0.05) is 12.1 Å². The standard InChI is InChI=1S/C15H10F3N3O3S/c1-24-11-5-3-2-4-8(11)9-6-12(15(16,17)18)21(20-9)14-19-10(7-25-14)13(22)23/h2-7H,1H3,(H,22,23). The van der Waals surface area contributed by atoms with Crippen molar-refractivity contribution in [2.75, 3.05) is 7.11 Å². The van der Waals surface area contributed by atoms with Crippen LogP contribution in [-0.2, 0) is 6.18 Å². The monoisotopic (exact) mass is 369 g/mol. The number of rotatable bonds is 4. The molecule has 1 N–H and O–H groups in total. The SMILES string of the molecule is COc1ccccc1-c1cc(C(F)(F)F)n(-c2nc(C(=O)O)cs2)n1. The van der Waals surface area contributed by atoms with Crippen molar-refractivity contribution in [1.29, 1.82) is 0 Å². The molecule has 2 heterocycles. The maximum Gasteiger partial charge on any atom is 0.433 e. The van der Waals surface area contributed by atoms with E-state index >= 15 is 0 Å². The van der Waals surface area contributed by atoms with Gasteiger partial charge in [0.2, 0.25) is 5.13 Å². The molecule has 0 bridgehead atoms. The van der Waals surface area contributed by atoms with Crippen LogP contribution in [0.15, 0.2) is 35.7 Å². The van der Waals surface area contributed by atoms with Gasteiger partial charge in [-0.2, -0.15) is 18.3 Å². The molecule has 0 aliphatic rings. The summed E-state index contributed by atoms with van der Waals surface area (Å²) in [4.78, 5) is 14.6. The molecule has 0 saturated heterocycles. The van der Waals surface area contributed by atoms with E-state index in [4.69, 9.17) is 9.84 Å². The van der Waals surface area contributed by atoms with Crippen LogP contribution in [0, 0.1) is 0 Å². The van der Waals surface area contributed by atoms with Gasteiger partial charge in [-0.05, 0) is 18.2 Å². The van der Waals surface area contributed by atoms with Gasteiger partial charge in [0.05, 0.1) is 12.8 Å². The Morgan fingerprint density at radius 2 is 2.04 bits per heavy atom. The number of aromatic carboxylic acids is 1. The lowest BCUT2D eigenvalue weighted by atomic mass is 10.1. The summed E-state index contributed by atoms with van der Waals surface area (Å²) in [5.41, 5.74) is -0.983. The fourth-order valence-electron chi connectivity index (χ4n) is 2.18. The van der Waals surface area contributed by atoms with Crippen LogP contribution in [0.2, 0.25) is 0 Å². The molecule has 3 aromatic rings. The molecule has 0 atom stereocenters. The largest absolute Gasteiger partial charge is 0.496 e. The van der Waals surface area contributed by atoms with Crippen molar-refractivity contribution in [2.24, 2.45) is 0 Å². The highest BCUT2D eigenvalue weighted by Crippen LogP contribution is 2.36. The molecule has 0 radical (unpaired) electrons. The first kappa shape index (κ1) is 17.0. The molecular weight excluding hydrogens is 359 g/mol. The second-order valence-electron chi connectivity index (χ2n) is 4.85. The lowest BCUT2D eigenvalue weighted by molar-refractivity contribution is -0.142. The number of carbonyl (C=O) groups is 1. The van der Waals surface area contributed by atoms with Gasteiger partial charge < -0.3 is 9.84 Å². The number of methoxy groups -OCH3 is 1. The smallest absolute Gasteiger partial charge is 0.433 e. The Morgan fingerprint density at radius 3 is 2.64 bits per heavy atom. The molecule has 25 heavy (non-hydrogen) atoms. The summed E-state index contributed by atoms with van der Waals surface area (Å²) in [6, 6.07) is 7.39. The zero-order valence-corrected chi connectivity index (χ0v) is 13.4. The molecule has 130 valence electrons. The Kier molecular flexibility index (Phi) is 4.21. The van der Waals surface area contributed by atoms with E-state index in [0.717, 1.165) is 22.8 Å². The molecule has 0 fully saturated rings. The highest BCUT2D eigenvalue weighted by Gasteiger charge is 2.37. The lowest BCUT2D eigenvalue weighted by Crippen LogP contribution is -2.13. The molecule has 10 heteroatoms. The summed E-state index contributed by atoms with van der Waals surface area (Å²) in [7, 11) is 1.40. The van der Waals surface area contributed by atoms with Crippen LogP contribution in [0.5, 0.6) is 5.75 Å². The molecule has 2 aromatic heterocycles. The predicted molar refractivity (Wildman–Crippen MR) is 83.2 cm³/mol. The van der Waals surface area contributed by atoms with Crippen LogP contribution in [0.25, 0.3) is 16.4 Å². The highest BCUT2D eigenvalue weighted by atomic mass is 32.1. The maximum atomic E-state index is 13.4. The van der Waals surface area contributed by atoms with Crippen molar-refractivity contribution < 1.29 is 27.8 Å². The molecule has 0 saturated carbocycles. The van der Waals surface area contributed by atoms with Gasteiger partial charge in [-0.25, -0.2) is 14.5 Å². The zero-order valence-electron chi connectivity index (χ0n) is 12.6. The molecule has 0 aliphatic carbocycles. The number of hydrogen-bond acceptors (Lipinski definition) is 5. The van der Waals surface area contributed by atoms with E-state index in [1.54, 1.807) is 24.3 Å². The molecule has 1 aromatic carbocycles. The number of aromatic nitrogens is 3. The number of benzene rings is 1. The highest BCUT2D eigenvalue weighted by molar-refractivity contribution is 7.12. The first-order valence-corrected chi connectivity index (χ1v) is 7.69. The number of nitrogens with zero attached hydrogens (tertiary/aromatic N) is 3. The molecule has 3 rings (SSSR count). The Hall–Kier alpha value is -2.88. The van der Waals surface area contributed by atoms with Crippen LogP contribution < -0.4 is 4.74 Å². The summed E-state index contributed by atoms with van der Waals surface area (Å²) >= 11 is 0.757. The Morgan fingerprint density at radius 1 is 1.32 bits per heavy atom. The van der Waals surface area contributed by atoms with E-state index < -0.39 is 17.8 Å². The number of ether oxygens (including phenoxy) is 1. The minimum Gasteiger partial charge on any atom is -0.496 e. The van der Waals surface area contributed by atoms with Crippen molar-refractivity contribution in [3.05, 3.63) is 47.1 Å². The van der Waals surface area contributed by atoms with Gasteiger partial charge in [0.1, 0.15) is 5.75 Å². The van der Waals surface area contributed by atoms with Gasteiger partial charge in [-0.3, -0.25) is 0 Å². The summed E-state index contributed by atoms with van der Waals surface area (Å²) in [6.07, 6.45) is -4.69. The number of alkyl halides is 3. The number of carboxylic acids is 1. The van der Waals surface area contributed by atoms with Gasteiger partial charge in [0, 0.05) is 10.9 Å². The average molecular weight is 369 g/mol. The molecule has 0 unspecified atom stereocenters. The fourth-order valence-corrected chi connectivity index (χ4v) is 2.94. The lowest BCUT2D eigenvalue weighted by Gasteiger charge is -2.06. The normalized spacial score (nSPS) is 11.5. The van der Waals surface area contributed by atoms with Crippen molar-refractivity contribution in [2.45, 2.75) is 6.18 Å². The third-order valence-corrected chi connectivity index (χ3v) is 4.09. The van der Waals surface area contributed by atoms with Crippen molar-refractivity contribution in [3.8, 4) is 22.1 Å². The van der Waals surface area contributed by atoms with Crippen LogP contribution in [0.4, 0.5) is 13.2 Å². The maximum absolute atomic E-state index is 13.4. The summed E-state index contributed by atoms with van der Waals surface area (Å²) in [5, 5.41) is 13.8. The topological polar surface area (TPSA) is 77.2 Å². The van der Waals surface area contributed by atoms with E-state index in [-0.39, 0.29) is 16.5 Å². The predicted octanol–water partition coefficient (Wildman–Crippen LogP) is 3.72. The molecular formula is C15H10F3N3O3S. The molecule has 6 nitrogen and oxygen atoms in total. The minimum absolute atomic E-state index is 0.0388. The quantitative estimate of drug-likeness (QED) is 0.758. The van der Waals surface area contributed by atoms with Gasteiger partial charge in [0.15, 0.2) is 11.4 Å². The van der Waals surface area contributed by atoms with Gasteiger partial charge in [-0.15, -0.1) is 11.3 Å². The number of thiazole rings is 1. The van der Waals surface area contributed by atoms with Crippen LogP contribution in [-0.4, -0.2) is 33.0 Å². The van der Waals surface area contributed by atoms with Crippen molar-refractivity contribution >= 4 is 17.3 Å². The number of para-hydroxylation sites is 1. The third kappa shape index (κ3) is 3.20. The van der Waals surface area contributed by atoms with E-state index in [2.05, 4.69) is 10.1 Å². The van der Waals surface area contributed by atoms with E-state index in [9.17, 15) is 18.0 Å². The van der Waals surface area contributed by atoms with E-state index in [0.29, 0.717) is 16.0 Å². The second kappa shape index (κ2) is 6.20. The van der Waals surface area contributed by atoms with Crippen LogP contribution >= 0.6 is 11.3 Å². The van der Waals surface area contributed by atoms with Crippen LogP contribution in [0.1, 0.15) is 16.2 Å². The summed E-state index contributed by atoms with van der Waals surface area (Å²) in [6.45, 7) is 0. The first-order valence-electron chi connectivity index (χ1n) is 6.81. The van der Waals surface area contributed by atoms with E-state index in [1.807, 2.05) is 0 Å². The van der Waals surface area contributed by atoms with E-state index in [1.165, 1.54) is 7.11 Å². The number of hydrogen-bond donors (Lipinski definition) is 1. The molecule has 0 amide bonds. The van der Waals surface area contributed by atoms with Gasteiger partial charge in [0.25, 0.3) is 0 Å². The zero-order chi connectivity index (χ0) is 18.2. The number of carboxylic acid groups (broad SMARTS) is 1. The Bertz CT molecular complexity index is 933. The minimum atomic E-state index is -4.69. The Balaban J connectivity index is 2.18. The Labute approximate surface area is 143 Å². The fraction of sp³-hybridized carbons (Fsp3) is 0.133. The second-order valence-corrected chi connectivity index (χ2v) is 5.68. The first-order chi connectivity index (χ1) is 11.8. The van der Waals surface area contributed by atoms with Crippen LogP contribution in [0.3, 0.4) is 0 Å². The molecule has 0 spiro atoms. The third-order valence-electron chi connectivity index (χ3n) is 3.28. The summed E-state index contributed by atoms with van der Waals surface area (Å²) < 4.78 is 45.9. The summed E-state index contributed by atoms with van der Waals surface area (Å²) in [5.74, 6) is -0.959. The van der Waals surface area contributed by atoms with Crippen molar-refractivity contribution in [1.82, 2.24) is 14.8 Å². The number of halogens is 3. The molecule has 0 aliphatic heterocycles.